The molecule has 9 heteroatoms. The van der Waals surface area contributed by atoms with Crippen molar-refractivity contribution in [1.29, 1.82) is 0 Å². The summed E-state index contributed by atoms with van der Waals surface area (Å²) in [6.07, 6.45) is -3.11. The Kier molecular flexibility index (Phi) is 6.29. The van der Waals surface area contributed by atoms with Gasteiger partial charge in [0.05, 0.1) is 6.04 Å². The number of anilines is 1. The van der Waals surface area contributed by atoms with E-state index in [-0.39, 0.29) is 24.9 Å². The number of halogens is 3. The highest BCUT2D eigenvalue weighted by molar-refractivity contribution is 5.81. The fraction of sp³-hybridized carbons (Fsp3) is 0.312. The predicted molar refractivity (Wildman–Crippen MR) is 86.7 cm³/mol. The summed E-state index contributed by atoms with van der Waals surface area (Å²) in [6, 6.07) is 9.43. The van der Waals surface area contributed by atoms with Gasteiger partial charge in [0.2, 0.25) is 11.9 Å². The van der Waals surface area contributed by atoms with Crippen LogP contribution in [0, 0.1) is 0 Å². The Labute approximate surface area is 142 Å². The van der Waals surface area contributed by atoms with E-state index in [4.69, 9.17) is 5.73 Å². The lowest BCUT2D eigenvalue weighted by molar-refractivity contribution is -0.141. The van der Waals surface area contributed by atoms with Crippen molar-refractivity contribution >= 4 is 11.9 Å². The van der Waals surface area contributed by atoms with E-state index in [0.29, 0.717) is 6.42 Å². The van der Waals surface area contributed by atoms with Crippen molar-refractivity contribution in [3.8, 4) is 0 Å². The number of benzene rings is 1. The first-order valence-electron chi connectivity index (χ1n) is 7.57. The first-order chi connectivity index (χ1) is 11.9. The highest BCUT2D eigenvalue weighted by atomic mass is 19.4. The maximum absolute atomic E-state index is 12.5. The van der Waals surface area contributed by atoms with Crippen molar-refractivity contribution in [3.63, 3.8) is 0 Å². The number of aromatic nitrogens is 2. The molecule has 0 spiro atoms. The van der Waals surface area contributed by atoms with Crippen molar-refractivity contribution < 1.29 is 18.0 Å². The summed E-state index contributed by atoms with van der Waals surface area (Å²) >= 11 is 0. The van der Waals surface area contributed by atoms with E-state index in [1.807, 2.05) is 30.3 Å². The molecule has 2 aromatic rings. The van der Waals surface area contributed by atoms with Gasteiger partial charge < -0.3 is 16.4 Å². The third-order valence-corrected chi connectivity index (χ3v) is 3.29. The van der Waals surface area contributed by atoms with Gasteiger partial charge in [-0.3, -0.25) is 4.79 Å². The molecule has 2 rings (SSSR count). The van der Waals surface area contributed by atoms with Crippen molar-refractivity contribution in [1.82, 2.24) is 15.3 Å². The van der Waals surface area contributed by atoms with Crippen LogP contribution in [0.2, 0.25) is 0 Å². The second-order valence-electron chi connectivity index (χ2n) is 5.28. The molecule has 1 aromatic carbocycles. The second kappa shape index (κ2) is 8.43. The predicted octanol–water partition coefficient (Wildman–Crippen LogP) is 1.59. The van der Waals surface area contributed by atoms with E-state index in [2.05, 4.69) is 20.6 Å². The quantitative estimate of drug-likeness (QED) is 0.658. The van der Waals surface area contributed by atoms with Crippen LogP contribution < -0.4 is 16.4 Å². The van der Waals surface area contributed by atoms with Crippen LogP contribution in [0.5, 0.6) is 0 Å². The van der Waals surface area contributed by atoms with E-state index in [9.17, 15) is 18.0 Å². The Morgan fingerprint density at radius 3 is 2.56 bits per heavy atom. The molecular formula is C16H18F3N5O. The maximum Gasteiger partial charge on any atom is 0.433 e. The number of nitrogens with two attached hydrogens (primary N) is 1. The van der Waals surface area contributed by atoms with Gasteiger partial charge in [0.1, 0.15) is 5.69 Å². The Bertz CT molecular complexity index is 694. The lowest BCUT2D eigenvalue weighted by Crippen LogP contribution is -2.43. The summed E-state index contributed by atoms with van der Waals surface area (Å²) in [6.45, 7) is 0.353. The van der Waals surface area contributed by atoms with Gasteiger partial charge in [-0.1, -0.05) is 30.3 Å². The van der Waals surface area contributed by atoms with Crippen LogP contribution in [0.15, 0.2) is 42.6 Å². The molecule has 0 aliphatic heterocycles. The van der Waals surface area contributed by atoms with E-state index in [0.717, 1.165) is 17.8 Å². The normalized spacial score (nSPS) is 12.5. The first kappa shape index (κ1) is 18.7. The van der Waals surface area contributed by atoms with Crippen LogP contribution in [-0.2, 0) is 17.4 Å². The zero-order valence-electron chi connectivity index (χ0n) is 13.3. The van der Waals surface area contributed by atoms with Crippen molar-refractivity contribution in [2.45, 2.75) is 18.6 Å². The molecule has 0 saturated heterocycles. The van der Waals surface area contributed by atoms with Gasteiger partial charge in [0.15, 0.2) is 0 Å². The third kappa shape index (κ3) is 6.03. The zero-order chi connectivity index (χ0) is 18.3. The van der Waals surface area contributed by atoms with Gasteiger partial charge in [0.25, 0.3) is 0 Å². The average Bonchev–Trinajstić information content (AvgIpc) is 2.59. The van der Waals surface area contributed by atoms with Crippen LogP contribution >= 0.6 is 0 Å². The molecule has 0 aliphatic carbocycles. The number of carbonyl (C=O) groups excluding carboxylic acids is 1. The summed E-state index contributed by atoms with van der Waals surface area (Å²) in [5.74, 6) is -0.492. The molecule has 4 N–H and O–H groups in total. The number of rotatable bonds is 7. The molecule has 134 valence electrons. The topological polar surface area (TPSA) is 92.9 Å². The Morgan fingerprint density at radius 2 is 1.88 bits per heavy atom. The fourth-order valence-electron chi connectivity index (χ4n) is 2.05. The summed E-state index contributed by atoms with van der Waals surface area (Å²) in [5, 5.41) is 5.24. The van der Waals surface area contributed by atoms with Gasteiger partial charge in [-0.2, -0.15) is 13.2 Å². The Morgan fingerprint density at radius 1 is 1.16 bits per heavy atom. The van der Waals surface area contributed by atoms with Crippen LogP contribution in [0.25, 0.3) is 0 Å². The second-order valence-corrected chi connectivity index (χ2v) is 5.28. The monoisotopic (exact) mass is 353 g/mol. The standard InChI is InChI=1S/C16H18F3N5O/c17-16(18,19)13-6-7-22-15(24-13)23-9-8-21-14(25)12(20)10-11-4-2-1-3-5-11/h1-7,12H,8-10,20H2,(H,21,25)(H,22,23,24)/t12-/m0/s1. The molecule has 0 fully saturated rings. The third-order valence-electron chi connectivity index (χ3n) is 3.29. The van der Waals surface area contributed by atoms with Gasteiger partial charge in [-0.15, -0.1) is 0 Å². The summed E-state index contributed by atoms with van der Waals surface area (Å²) in [7, 11) is 0. The number of hydrogen-bond donors (Lipinski definition) is 3. The van der Waals surface area contributed by atoms with Gasteiger partial charge in [-0.05, 0) is 18.1 Å². The van der Waals surface area contributed by atoms with Crippen molar-refractivity contribution in [2.24, 2.45) is 5.73 Å². The molecule has 1 amide bonds. The SMILES string of the molecule is N[C@@H](Cc1ccccc1)C(=O)NCCNc1nccc(C(F)(F)F)n1. The van der Waals surface area contributed by atoms with Crippen LogP contribution in [0.1, 0.15) is 11.3 Å². The minimum Gasteiger partial charge on any atom is -0.353 e. The highest BCUT2D eigenvalue weighted by Gasteiger charge is 2.32. The molecule has 25 heavy (non-hydrogen) atoms. The van der Waals surface area contributed by atoms with Gasteiger partial charge in [0, 0.05) is 19.3 Å². The summed E-state index contributed by atoms with van der Waals surface area (Å²) in [4.78, 5) is 19.0. The fourth-order valence-corrected chi connectivity index (χ4v) is 2.05. The van der Waals surface area contributed by atoms with E-state index < -0.39 is 17.9 Å². The number of amides is 1. The minimum absolute atomic E-state index is 0.155. The van der Waals surface area contributed by atoms with Crippen molar-refractivity contribution in [2.75, 3.05) is 18.4 Å². The van der Waals surface area contributed by atoms with Crippen LogP contribution in [0.4, 0.5) is 19.1 Å². The molecule has 0 saturated carbocycles. The summed E-state index contributed by atoms with van der Waals surface area (Å²) in [5.41, 5.74) is 5.74. The van der Waals surface area contributed by atoms with Gasteiger partial charge in [-0.25, -0.2) is 9.97 Å². The molecule has 1 heterocycles. The van der Waals surface area contributed by atoms with E-state index in [1.165, 1.54) is 0 Å². The smallest absolute Gasteiger partial charge is 0.353 e. The molecule has 0 bridgehead atoms. The Hall–Kier alpha value is -2.68. The number of nitrogens with one attached hydrogen (secondary N) is 2. The number of alkyl halides is 3. The molecule has 1 atom stereocenters. The Balaban J connectivity index is 1.74. The van der Waals surface area contributed by atoms with E-state index >= 15 is 0 Å². The molecule has 6 nitrogen and oxygen atoms in total. The molecular weight excluding hydrogens is 335 g/mol. The minimum atomic E-state index is -4.53. The zero-order valence-corrected chi connectivity index (χ0v) is 13.3. The maximum atomic E-state index is 12.5. The number of carbonyl (C=O) groups is 1. The largest absolute Gasteiger partial charge is 0.433 e. The highest BCUT2D eigenvalue weighted by Crippen LogP contribution is 2.27. The molecule has 0 radical (unpaired) electrons. The molecule has 0 aliphatic rings. The summed E-state index contributed by atoms with van der Waals surface area (Å²) < 4.78 is 37.6. The lowest BCUT2D eigenvalue weighted by atomic mass is 10.1. The number of hydrogen-bond acceptors (Lipinski definition) is 5. The van der Waals surface area contributed by atoms with Crippen LogP contribution in [-0.4, -0.2) is 35.0 Å². The lowest BCUT2D eigenvalue weighted by Gasteiger charge is -2.13. The molecule has 0 unspecified atom stereocenters. The molecule has 1 aromatic heterocycles. The average molecular weight is 353 g/mol. The van der Waals surface area contributed by atoms with Crippen LogP contribution in [0.3, 0.4) is 0 Å². The van der Waals surface area contributed by atoms with E-state index in [1.54, 1.807) is 0 Å². The first-order valence-corrected chi connectivity index (χ1v) is 7.57. The van der Waals surface area contributed by atoms with Crippen molar-refractivity contribution in [3.05, 3.63) is 53.9 Å². The van der Waals surface area contributed by atoms with Gasteiger partial charge >= 0.3 is 6.18 Å². The number of nitrogens with zero attached hydrogens (tertiary/aromatic N) is 2.